The molecule has 0 aromatic heterocycles. The third-order valence-electron chi connectivity index (χ3n) is 6.25. The maximum atomic E-state index is 10.5. The molecule has 2 fully saturated rings. The van der Waals surface area contributed by atoms with Gasteiger partial charge in [-0.15, -0.1) is 0 Å². The van der Waals surface area contributed by atoms with Crippen LogP contribution in [0.15, 0.2) is 40.9 Å². The molecule has 0 saturated carbocycles. The number of ether oxygens (including phenoxy) is 4. The fourth-order valence-corrected chi connectivity index (χ4v) is 5.03. The summed E-state index contributed by atoms with van der Waals surface area (Å²) in [6, 6.07) is 12.0. The number of rotatable bonds is 5. The molecule has 2 saturated heterocycles. The Morgan fingerprint density at radius 1 is 0.969 bits per heavy atom. The van der Waals surface area contributed by atoms with Gasteiger partial charge in [0.25, 0.3) is 0 Å². The Hall–Kier alpha value is -1.32. The zero-order valence-electron chi connectivity index (χ0n) is 18.8. The minimum absolute atomic E-state index is 0.290. The van der Waals surface area contributed by atoms with E-state index in [-0.39, 0.29) is 6.61 Å². The van der Waals surface area contributed by atoms with Crippen molar-refractivity contribution in [2.45, 2.75) is 70.6 Å². The molecule has 174 valence electrons. The summed E-state index contributed by atoms with van der Waals surface area (Å²) < 4.78 is 25.5. The Balaban J connectivity index is 1.56. The number of halogens is 1. The predicted molar refractivity (Wildman–Crippen MR) is 123 cm³/mol. The fraction of sp³-hybridized carbons (Fsp3) is 0.520. The lowest BCUT2D eigenvalue weighted by atomic mass is 9.98. The van der Waals surface area contributed by atoms with Crippen LogP contribution in [0.1, 0.15) is 60.2 Å². The average molecular weight is 507 g/mol. The standard InChI is InChI=1S/C25H31BrO6/c1-13(2)18-8-7-17(10-19(18)26)24-29-12-21-23(32-24)22(20(28)11-27)31-25(30-21)16-6-5-14(3)15(4)9-16/h5-10,13,20-25,27-28H,11-12H2,1-4H3. The van der Waals surface area contributed by atoms with Crippen LogP contribution in [0.4, 0.5) is 0 Å². The van der Waals surface area contributed by atoms with Gasteiger partial charge in [0.1, 0.15) is 24.4 Å². The number of aryl methyl sites for hydroxylation is 2. The molecule has 6 nitrogen and oxygen atoms in total. The zero-order chi connectivity index (χ0) is 23.0. The maximum Gasteiger partial charge on any atom is 0.184 e. The molecule has 4 rings (SSSR count). The first-order chi connectivity index (χ1) is 15.3. The van der Waals surface area contributed by atoms with Crippen molar-refractivity contribution in [3.05, 3.63) is 68.7 Å². The molecule has 6 atom stereocenters. The Morgan fingerprint density at radius 2 is 1.69 bits per heavy atom. The summed E-state index contributed by atoms with van der Waals surface area (Å²) in [6.07, 6.45) is -4.17. The van der Waals surface area contributed by atoms with Crippen LogP contribution in [0.3, 0.4) is 0 Å². The first-order valence-corrected chi connectivity index (χ1v) is 11.8. The van der Waals surface area contributed by atoms with Gasteiger partial charge in [0.05, 0.1) is 13.2 Å². The van der Waals surface area contributed by atoms with E-state index < -0.39 is 43.6 Å². The lowest BCUT2D eigenvalue weighted by Crippen LogP contribution is -2.58. The highest BCUT2D eigenvalue weighted by Crippen LogP contribution is 2.40. The third-order valence-corrected chi connectivity index (χ3v) is 6.94. The molecule has 0 spiro atoms. The SMILES string of the molecule is Cc1ccc(C2OC3COC(c4ccc(C(C)C)c(Br)c4)OC3C(C(O)CO)O2)cc1C. The van der Waals surface area contributed by atoms with Gasteiger partial charge in [0, 0.05) is 15.6 Å². The van der Waals surface area contributed by atoms with Gasteiger partial charge in [0.15, 0.2) is 12.6 Å². The van der Waals surface area contributed by atoms with Gasteiger partial charge in [-0.25, -0.2) is 0 Å². The molecular weight excluding hydrogens is 476 g/mol. The van der Waals surface area contributed by atoms with Crippen molar-refractivity contribution in [1.82, 2.24) is 0 Å². The number of benzene rings is 2. The normalized spacial score (nSPS) is 29.1. The Labute approximate surface area is 197 Å². The number of hydrogen-bond acceptors (Lipinski definition) is 6. The summed E-state index contributed by atoms with van der Waals surface area (Å²) in [5.74, 6) is 0.391. The monoisotopic (exact) mass is 506 g/mol. The fourth-order valence-electron chi connectivity index (χ4n) is 4.18. The predicted octanol–water partition coefficient (Wildman–Crippen LogP) is 4.44. The van der Waals surface area contributed by atoms with Crippen LogP contribution >= 0.6 is 15.9 Å². The first kappa shape index (κ1) is 23.8. The lowest BCUT2D eigenvalue weighted by molar-refractivity contribution is -0.373. The van der Waals surface area contributed by atoms with Crippen LogP contribution in [-0.4, -0.2) is 47.8 Å². The first-order valence-electron chi connectivity index (χ1n) is 11.0. The smallest absolute Gasteiger partial charge is 0.184 e. The van der Waals surface area contributed by atoms with Crippen LogP contribution in [0, 0.1) is 13.8 Å². The zero-order valence-corrected chi connectivity index (χ0v) is 20.4. The van der Waals surface area contributed by atoms with E-state index in [9.17, 15) is 10.2 Å². The molecule has 0 amide bonds. The topological polar surface area (TPSA) is 77.4 Å². The van der Waals surface area contributed by atoms with Gasteiger partial charge in [-0.1, -0.05) is 60.1 Å². The second-order valence-corrected chi connectivity index (χ2v) is 9.76. The van der Waals surface area contributed by atoms with Gasteiger partial charge in [-0.2, -0.15) is 0 Å². The van der Waals surface area contributed by atoms with Gasteiger partial charge < -0.3 is 29.2 Å². The summed E-state index contributed by atoms with van der Waals surface area (Å²) in [6.45, 7) is 8.22. The highest BCUT2D eigenvalue weighted by atomic mass is 79.9. The number of aliphatic hydroxyl groups excluding tert-OH is 2. The number of aliphatic hydroxyl groups is 2. The van der Waals surface area contributed by atoms with E-state index in [1.54, 1.807) is 0 Å². The van der Waals surface area contributed by atoms with E-state index in [1.807, 2.05) is 44.2 Å². The number of fused-ring (bicyclic) bond motifs is 1. The minimum Gasteiger partial charge on any atom is -0.394 e. The van der Waals surface area contributed by atoms with Crippen molar-refractivity contribution in [3.8, 4) is 0 Å². The van der Waals surface area contributed by atoms with Crippen LogP contribution < -0.4 is 0 Å². The Morgan fingerprint density at radius 3 is 2.34 bits per heavy atom. The summed E-state index contributed by atoms with van der Waals surface area (Å²) in [5, 5.41) is 20.2. The van der Waals surface area contributed by atoms with Crippen LogP contribution in [-0.2, 0) is 18.9 Å². The average Bonchev–Trinajstić information content (AvgIpc) is 2.78. The lowest BCUT2D eigenvalue weighted by Gasteiger charge is -2.47. The molecule has 2 heterocycles. The molecule has 0 aliphatic carbocycles. The minimum atomic E-state index is -1.10. The van der Waals surface area contributed by atoms with Crippen molar-refractivity contribution in [1.29, 1.82) is 0 Å². The van der Waals surface area contributed by atoms with Gasteiger partial charge in [-0.05, 0) is 42.5 Å². The van der Waals surface area contributed by atoms with E-state index in [0.29, 0.717) is 5.92 Å². The maximum absolute atomic E-state index is 10.5. The van der Waals surface area contributed by atoms with Crippen LogP contribution in [0.25, 0.3) is 0 Å². The highest BCUT2D eigenvalue weighted by Gasteiger charge is 2.48. The molecular formula is C25H31BrO6. The van der Waals surface area contributed by atoms with E-state index in [0.717, 1.165) is 21.2 Å². The van der Waals surface area contributed by atoms with Crippen molar-refractivity contribution in [3.63, 3.8) is 0 Å². The molecule has 32 heavy (non-hydrogen) atoms. The Kier molecular flexibility index (Phi) is 7.36. The summed E-state index contributed by atoms with van der Waals surface area (Å²) >= 11 is 3.64. The van der Waals surface area contributed by atoms with E-state index in [4.69, 9.17) is 18.9 Å². The molecule has 2 aromatic carbocycles. The van der Waals surface area contributed by atoms with Gasteiger partial charge >= 0.3 is 0 Å². The number of hydrogen-bond donors (Lipinski definition) is 2. The summed E-state index contributed by atoms with van der Waals surface area (Å²) in [7, 11) is 0. The molecule has 2 aliphatic rings. The van der Waals surface area contributed by atoms with Gasteiger partial charge in [-0.3, -0.25) is 0 Å². The third kappa shape index (κ3) is 4.80. The molecule has 2 N–H and O–H groups in total. The van der Waals surface area contributed by atoms with Crippen molar-refractivity contribution in [2.24, 2.45) is 0 Å². The van der Waals surface area contributed by atoms with Crippen LogP contribution in [0.5, 0.6) is 0 Å². The highest BCUT2D eigenvalue weighted by molar-refractivity contribution is 9.10. The second kappa shape index (κ2) is 9.89. The summed E-state index contributed by atoms with van der Waals surface area (Å²) in [4.78, 5) is 0. The summed E-state index contributed by atoms with van der Waals surface area (Å²) in [5.41, 5.74) is 5.24. The molecule has 0 radical (unpaired) electrons. The van der Waals surface area contributed by atoms with Crippen molar-refractivity contribution < 1.29 is 29.2 Å². The second-order valence-electron chi connectivity index (χ2n) is 8.90. The van der Waals surface area contributed by atoms with Crippen molar-refractivity contribution in [2.75, 3.05) is 13.2 Å². The quantitative estimate of drug-likeness (QED) is 0.624. The molecule has 2 aliphatic heterocycles. The molecule has 0 bridgehead atoms. The Bertz CT molecular complexity index is 948. The molecule has 6 unspecified atom stereocenters. The van der Waals surface area contributed by atoms with E-state index in [1.165, 1.54) is 11.1 Å². The molecule has 2 aromatic rings. The van der Waals surface area contributed by atoms with Crippen LogP contribution in [0.2, 0.25) is 0 Å². The van der Waals surface area contributed by atoms with E-state index in [2.05, 4.69) is 35.8 Å². The van der Waals surface area contributed by atoms with Crippen molar-refractivity contribution >= 4 is 15.9 Å². The molecule has 7 heteroatoms. The largest absolute Gasteiger partial charge is 0.394 e. The van der Waals surface area contributed by atoms with Gasteiger partial charge in [0.2, 0.25) is 0 Å². The van der Waals surface area contributed by atoms with E-state index >= 15 is 0 Å².